The van der Waals surface area contributed by atoms with Gasteiger partial charge in [0.15, 0.2) is 11.4 Å². The molecular formula is C13H16N6O4. The van der Waals surface area contributed by atoms with Crippen LogP contribution in [0.15, 0.2) is 12.1 Å². The van der Waals surface area contributed by atoms with Gasteiger partial charge in [0.2, 0.25) is 5.91 Å². The van der Waals surface area contributed by atoms with Gasteiger partial charge in [-0.2, -0.15) is 10.2 Å². The molecule has 0 bridgehead atoms. The van der Waals surface area contributed by atoms with Gasteiger partial charge in [-0.15, -0.1) is 0 Å². The van der Waals surface area contributed by atoms with Crippen LogP contribution in [0.5, 0.6) is 0 Å². The fourth-order valence-electron chi connectivity index (χ4n) is 1.84. The fourth-order valence-corrected chi connectivity index (χ4v) is 1.84. The summed E-state index contributed by atoms with van der Waals surface area (Å²) in [5.74, 6) is -0.678. The largest absolute Gasteiger partial charge is 0.464 e. The van der Waals surface area contributed by atoms with E-state index in [-0.39, 0.29) is 17.3 Å². The summed E-state index contributed by atoms with van der Waals surface area (Å²) in [4.78, 5) is 34.7. The molecule has 23 heavy (non-hydrogen) atoms. The SMILES string of the molecule is COC(=O)c1cc(NC(=O)c2cc(NC(C)=O)n(C)n2)n(C)n1. The number of hydrogen-bond donors (Lipinski definition) is 2. The summed E-state index contributed by atoms with van der Waals surface area (Å²) < 4.78 is 7.28. The first-order valence-electron chi connectivity index (χ1n) is 6.57. The monoisotopic (exact) mass is 320 g/mol. The Kier molecular flexibility index (Phi) is 4.44. The van der Waals surface area contributed by atoms with Crippen molar-refractivity contribution in [2.75, 3.05) is 17.7 Å². The molecule has 2 aromatic heterocycles. The maximum atomic E-state index is 12.2. The number of aryl methyl sites for hydroxylation is 2. The van der Waals surface area contributed by atoms with Crippen molar-refractivity contribution in [3.63, 3.8) is 0 Å². The molecule has 0 saturated carbocycles. The van der Waals surface area contributed by atoms with E-state index in [1.54, 1.807) is 14.1 Å². The zero-order chi connectivity index (χ0) is 17.1. The van der Waals surface area contributed by atoms with Crippen LogP contribution in [0.3, 0.4) is 0 Å². The second-order valence-electron chi connectivity index (χ2n) is 4.70. The molecule has 0 aromatic carbocycles. The number of carbonyl (C=O) groups is 3. The lowest BCUT2D eigenvalue weighted by Crippen LogP contribution is -2.15. The van der Waals surface area contributed by atoms with E-state index in [9.17, 15) is 14.4 Å². The molecule has 0 aliphatic heterocycles. The van der Waals surface area contributed by atoms with Crippen molar-refractivity contribution >= 4 is 29.4 Å². The third-order valence-electron chi connectivity index (χ3n) is 2.93. The smallest absolute Gasteiger partial charge is 0.358 e. The Hall–Kier alpha value is -3.17. The van der Waals surface area contributed by atoms with E-state index in [1.807, 2.05) is 0 Å². The summed E-state index contributed by atoms with van der Waals surface area (Å²) in [6, 6.07) is 2.83. The molecule has 2 heterocycles. The molecule has 0 aliphatic carbocycles. The van der Waals surface area contributed by atoms with Gasteiger partial charge in [0.25, 0.3) is 5.91 Å². The number of nitrogens with zero attached hydrogens (tertiary/aromatic N) is 4. The molecule has 2 rings (SSSR count). The predicted octanol–water partition coefficient (Wildman–Crippen LogP) is 0.151. The Balaban J connectivity index is 2.18. The van der Waals surface area contributed by atoms with Crippen LogP contribution in [0.2, 0.25) is 0 Å². The fraction of sp³-hybridized carbons (Fsp3) is 0.308. The number of nitrogens with one attached hydrogen (secondary N) is 2. The molecule has 0 atom stereocenters. The summed E-state index contributed by atoms with van der Waals surface area (Å²) in [7, 11) is 4.41. The van der Waals surface area contributed by atoms with Crippen molar-refractivity contribution in [1.29, 1.82) is 0 Å². The molecule has 0 radical (unpaired) electrons. The number of ether oxygens (including phenoxy) is 1. The standard InChI is InChI=1S/C13H16N6O4/c1-7(20)14-10-5-8(16-18(10)2)12(21)15-11-6-9(13(22)23-4)17-19(11)3/h5-6H,1-4H3,(H,14,20)(H,15,21). The molecule has 0 aliphatic rings. The Bertz CT molecular complexity index is 776. The number of aromatic nitrogens is 4. The van der Waals surface area contributed by atoms with Gasteiger partial charge in [0.1, 0.15) is 11.6 Å². The number of amides is 2. The van der Waals surface area contributed by atoms with Crippen molar-refractivity contribution in [2.45, 2.75) is 6.92 Å². The molecule has 0 spiro atoms. The zero-order valence-electron chi connectivity index (χ0n) is 13.1. The third kappa shape index (κ3) is 3.54. The van der Waals surface area contributed by atoms with Gasteiger partial charge >= 0.3 is 5.97 Å². The van der Waals surface area contributed by atoms with Crippen molar-refractivity contribution in [3.8, 4) is 0 Å². The van der Waals surface area contributed by atoms with Gasteiger partial charge < -0.3 is 15.4 Å². The summed E-state index contributed by atoms with van der Waals surface area (Å²) in [5.41, 5.74) is 0.183. The van der Waals surface area contributed by atoms with Gasteiger partial charge in [0.05, 0.1) is 7.11 Å². The molecule has 2 amide bonds. The van der Waals surface area contributed by atoms with Crippen LogP contribution in [0.4, 0.5) is 11.6 Å². The van der Waals surface area contributed by atoms with E-state index in [0.717, 1.165) is 0 Å². The molecular weight excluding hydrogens is 304 g/mol. The van der Waals surface area contributed by atoms with E-state index in [2.05, 4.69) is 25.6 Å². The van der Waals surface area contributed by atoms with Gasteiger partial charge in [-0.25, -0.2) is 4.79 Å². The van der Waals surface area contributed by atoms with Crippen LogP contribution in [0.25, 0.3) is 0 Å². The lowest BCUT2D eigenvalue weighted by Gasteiger charge is -2.01. The van der Waals surface area contributed by atoms with E-state index in [4.69, 9.17) is 0 Å². The second-order valence-corrected chi connectivity index (χ2v) is 4.70. The van der Waals surface area contributed by atoms with Crippen LogP contribution in [-0.2, 0) is 23.6 Å². The lowest BCUT2D eigenvalue weighted by molar-refractivity contribution is -0.114. The minimum absolute atomic E-state index is 0.0743. The van der Waals surface area contributed by atoms with Crippen molar-refractivity contribution < 1.29 is 19.1 Å². The zero-order valence-corrected chi connectivity index (χ0v) is 13.1. The van der Waals surface area contributed by atoms with Crippen LogP contribution in [-0.4, -0.2) is 44.5 Å². The average molecular weight is 320 g/mol. The number of esters is 1. The highest BCUT2D eigenvalue weighted by molar-refractivity contribution is 6.04. The quantitative estimate of drug-likeness (QED) is 0.774. The Morgan fingerprint density at radius 2 is 1.52 bits per heavy atom. The molecule has 2 aromatic rings. The van der Waals surface area contributed by atoms with E-state index >= 15 is 0 Å². The maximum absolute atomic E-state index is 12.2. The van der Waals surface area contributed by atoms with Gasteiger partial charge in [0, 0.05) is 33.2 Å². The number of rotatable bonds is 4. The van der Waals surface area contributed by atoms with Crippen LogP contribution in [0, 0.1) is 0 Å². The topological polar surface area (TPSA) is 120 Å². The summed E-state index contributed by atoms with van der Waals surface area (Å²) in [6.45, 7) is 1.36. The van der Waals surface area contributed by atoms with Gasteiger partial charge in [-0.3, -0.25) is 19.0 Å². The highest BCUT2D eigenvalue weighted by Gasteiger charge is 2.18. The first-order chi connectivity index (χ1) is 10.8. The second kappa shape index (κ2) is 6.30. The maximum Gasteiger partial charge on any atom is 0.358 e. The highest BCUT2D eigenvalue weighted by atomic mass is 16.5. The van der Waals surface area contributed by atoms with Gasteiger partial charge in [-0.05, 0) is 0 Å². The molecule has 0 saturated heterocycles. The Labute approximate surface area is 131 Å². The van der Waals surface area contributed by atoms with Crippen molar-refractivity contribution in [1.82, 2.24) is 19.6 Å². The molecule has 0 unspecified atom stereocenters. The van der Waals surface area contributed by atoms with E-state index < -0.39 is 11.9 Å². The molecule has 2 N–H and O–H groups in total. The molecule has 10 nitrogen and oxygen atoms in total. The minimum atomic E-state index is -0.605. The number of carbonyl (C=O) groups excluding carboxylic acids is 3. The average Bonchev–Trinajstić information content (AvgIpc) is 3.02. The number of anilines is 2. The normalized spacial score (nSPS) is 10.3. The highest BCUT2D eigenvalue weighted by Crippen LogP contribution is 2.14. The predicted molar refractivity (Wildman–Crippen MR) is 80.0 cm³/mol. The van der Waals surface area contributed by atoms with Crippen molar-refractivity contribution in [2.24, 2.45) is 14.1 Å². The van der Waals surface area contributed by atoms with Crippen LogP contribution < -0.4 is 10.6 Å². The molecule has 122 valence electrons. The van der Waals surface area contributed by atoms with Crippen molar-refractivity contribution in [3.05, 3.63) is 23.5 Å². The number of hydrogen-bond acceptors (Lipinski definition) is 6. The Morgan fingerprint density at radius 3 is 2.09 bits per heavy atom. The van der Waals surface area contributed by atoms with Crippen LogP contribution >= 0.6 is 0 Å². The van der Waals surface area contributed by atoms with E-state index in [0.29, 0.717) is 11.6 Å². The number of methoxy groups -OCH3 is 1. The lowest BCUT2D eigenvalue weighted by atomic mass is 10.3. The van der Waals surface area contributed by atoms with Gasteiger partial charge in [-0.1, -0.05) is 0 Å². The first-order valence-corrected chi connectivity index (χ1v) is 6.57. The Morgan fingerprint density at radius 1 is 1.00 bits per heavy atom. The third-order valence-corrected chi connectivity index (χ3v) is 2.93. The minimum Gasteiger partial charge on any atom is -0.464 e. The van der Waals surface area contributed by atoms with Crippen LogP contribution in [0.1, 0.15) is 27.9 Å². The summed E-state index contributed by atoms with van der Waals surface area (Å²) in [5, 5.41) is 13.1. The summed E-state index contributed by atoms with van der Waals surface area (Å²) >= 11 is 0. The summed E-state index contributed by atoms with van der Waals surface area (Å²) in [6.07, 6.45) is 0. The molecule has 0 fully saturated rings. The molecule has 10 heteroatoms. The van der Waals surface area contributed by atoms with E-state index in [1.165, 1.54) is 35.5 Å². The first kappa shape index (κ1) is 16.2.